The van der Waals surface area contributed by atoms with Crippen molar-refractivity contribution in [1.82, 2.24) is 14.5 Å². The number of amides is 1. The van der Waals surface area contributed by atoms with Crippen LogP contribution in [0.5, 0.6) is 0 Å². The molecule has 0 fully saturated rings. The smallest absolute Gasteiger partial charge is 0.328 e. The zero-order chi connectivity index (χ0) is 18.0. The topological polar surface area (TPSA) is 88.3 Å². The number of nitrogens with zero attached hydrogens (tertiary/aromatic N) is 2. The molecule has 0 aliphatic rings. The highest BCUT2D eigenvalue weighted by Crippen LogP contribution is 2.27. The van der Waals surface area contributed by atoms with Crippen molar-refractivity contribution in [3.05, 3.63) is 69.2 Å². The Hall–Kier alpha value is -3.09. The van der Waals surface area contributed by atoms with Crippen molar-refractivity contribution in [2.75, 3.05) is 6.54 Å². The quantitative estimate of drug-likeness (QED) is 0.767. The van der Waals surface area contributed by atoms with E-state index in [-0.39, 0.29) is 18.5 Å². The Balaban J connectivity index is 1.83. The SMILES string of the molecule is CCN(C(=O)Cn1ccc(=O)[nH]c1=O)[C@H](C)c1cc2ccccc2o1. The molecule has 0 aliphatic heterocycles. The van der Waals surface area contributed by atoms with Gasteiger partial charge in [-0.15, -0.1) is 0 Å². The van der Waals surface area contributed by atoms with E-state index < -0.39 is 11.2 Å². The van der Waals surface area contributed by atoms with Crippen LogP contribution in [0.3, 0.4) is 0 Å². The molecule has 1 amide bonds. The minimum absolute atomic E-state index is 0.145. The van der Waals surface area contributed by atoms with Gasteiger partial charge in [-0.05, 0) is 26.0 Å². The lowest BCUT2D eigenvalue weighted by Gasteiger charge is -2.26. The Morgan fingerprint density at radius 3 is 2.72 bits per heavy atom. The Bertz CT molecular complexity index is 982. The van der Waals surface area contributed by atoms with Crippen LogP contribution < -0.4 is 11.2 Å². The van der Waals surface area contributed by atoms with Gasteiger partial charge in [0.05, 0.1) is 6.04 Å². The predicted molar refractivity (Wildman–Crippen MR) is 93.3 cm³/mol. The van der Waals surface area contributed by atoms with Crippen LogP contribution in [0, 0.1) is 0 Å². The number of aromatic nitrogens is 2. The molecule has 2 aromatic heterocycles. The number of fused-ring (bicyclic) bond motifs is 1. The van der Waals surface area contributed by atoms with Gasteiger partial charge in [-0.1, -0.05) is 18.2 Å². The lowest BCUT2D eigenvalue weighted by atomic mass is 10.2. The van der Waals surface area contributed by atoms with Crippen LogP contribution in [-0.2, 0) is 11.3 Å². The van der Waals surface area contributed by atoms with E-state index in [2.05, 4.69) is 4.98 Å². The summed E-state index contributed by atoms with van der Waals surface area (Å²) >= 11 is 0. The Kier molecular flexibility index (Phi) is 4.56. The van der Waals surface area contributed by atoms with Crippen molar-refractivity contribution in [2.24, 2.45) is 0 Å². The fourth-order valence-corrected chi connectivity index (χ4v) is 2.83. The zero-order valence-electron chi connectivity index (χ0n) is 14.1. The standard InChI is InChI=1S/C18H19N3O4/c1-3-21(17(23)11-20-9-8-16(22)19-18(20)24)12(2)15-10-13-6-4-5-7-14(13)25-15/h4-10,12H,3,11H2,1-2H3,(H,19,22,24)/t12-/m1/s1. The van der Waals surface area contributed by atoms with Gasteiger partial charge in [-0.2, -0.15) is 0 Å². The number of hydrogen-bond acceptors (Lipinski definition) is 4. The number of likely N-dealkylation sites (N-methyl/N-ethyl adjacent to an activating group) is 1. The van der Waals surface area contributed by atoms with Crippen LogP contribution in [0.25, 0.3) is 11.0 Å². The first-order valence-corrected chi connectivity index (χ1v) is 8.07. The summed E-state index contributed by atoms with van der Waals surface area (Å²) in [7, 11) is 0. The molecule has 1 atom stereocenters. The maximum Gasteiger partial charge on any atom is 0.328 e. The van der Waals surface area contributed by atoms with Gasteiger partial charge in [0.1, 0.15) is 17.9 Å². The molecule has 2 heterocycles. The van der Waals surface area contributed by atoms with E-state index in [0.717, 1.165) is 11.0 Å². The summed E-state index contributed by atoms with van der Waals surface area (Å²) in [5.74, 6) is 0.454. The van der Waals surface area contributed by atoms with E-state index in [9.17, 15) is 14.4 Å². The number of para-hydroxylation sites is 1. The van der Waals surface area contributed by atoms with Crippen molar-refractivity contribution in [2.45, 2.75) is 26.4 Å². The average Bonchev–Trinajstić information content (AvgIpc) is 3.02. The first-order valence-electron chi connectivity index (χ1n) is 8.07. The van der Waals surface area contributed by atoms with Crippen molar-refractivity contribution < 1.29 is 9.21 Å². The summed E-state index contributed by atoms with van der Waals surface area (Å²) in [5.41, 5.74) is -0.324. The first-order chi connectivity index (χ1) is 12.0. The molecule has 25 heavy (non-hydrogen) atoms. The van der Waals surface area contributed by atoms with Gasteiger partial charge in [-0.25, -0.2) is 4.79 Å². The van der Waals surface area contributed by atoms with Crippen molar-refractivity contribution in [3.63, 3.8) is 0 Å². The monoisotopic (exact) mass is 341 g/mol. The second-order valence-electron chi connectivity index (χ2n) is 5.78. The van der Waals surface area contributed by atoms with E-state index in [1.54, 1.807) is 4.90 Å². The zero-order valence-corrected chi connectivity index (χ0v) is 14.1. The number of carbonyl (C=O) groups excluding carboxylic acids is 1. The lowest BCUT2D eigenvalue weighted by Crippen LogP contribution is -2.39. The lowest BCUT2D eigenvalue weighted by molar-refractivity contribution is -0.134. The van der Waals surface area contributed by atoms with Gasteiger partial charge in [-0.3, -0.25) is 19.1 Å². The number of furan rings is 1. The number of aromatic amines is 1. The summed E-state index contributed by atoms with van der Waals surface area (Å²) in [6.45, 7) is 4.07. The maximum atomic E-state index is 12.6. The highest BCUT2D eigenvalue weighted by atomic mass is 16.3. The van der Waals surface area contributed by atoms with Crippen LogP contribution >= 0.6 is 0 Å². The molecule has 0 unspecified atom stereocenters. The number of carbonyl (C=O) groups is 1. The van der Waals surface area contributed by atoms with Gasteiger partial charge in [0, 0.05) is 24.2 Å². The molecule has 130 valence electrons. The molecule has 7 heteroatoms. The molecule has 0 radical (unpaired) electrons. The summed E-state index contributed by atoms with van der Waals surface area (Å²) in [4.78, 5) is 39.3. The minimum atomic E-state index is -0.603. The maximum absolute atomic E-state index is 12.6. The average molecular weight is 341 g/mol. The highest BCUT2D eigenvalue weighted by Gasteiger charge is 2.23. The molecule has 1 N–H and O–H groups in total. The van der Waals surface area contributed by atoms with Gasteiger partial charge in [0.2, 0.25) is 5.91 Å². The van der Waals surface area contributed by atoms with Crippen molar-refractivity contribution in [1.29, 1.82) is 0 Å². The fourth-order valence-electron chi connectivity index (χ4n) is 2.83. The van der Waals surface area contributed by atoms with Gasteiger partial charge in [0.15, 0.2) is 0 Å². The highest BCUT2D eigenvalue weighted by molar-refractivity contribution is 5.79. The Morgan fingerprint density at radius 2 is 2.04 bits per heavy atom. The number of rotatable bonds is 5. The van der Waals surface area contributed by atoms with E-state index in [1.165, 1.54) is 16.8 Å². The molecule has 0 saturated heterocycles. The first kappa shape index (κ1) is 16.8. The third-order valence-electron chi connectivity index (χ3n) is 4.19. The normalized spacial score (nSPS) is 12.2. The van der Waals surface area contributed by atoms with E-state index in [0.29, 0.717) is 12.3 Å². The molecular formula is C18H19N3O4. The third-order valence-corrected chi connectivity index (χ3v) is 4.19. The molecule has 0 spiro atoms. The molecule has 3 aromatic rings. The van der Waals surface area contributed by atoms with Crippen molar-refractivity contribution in [3.8, 4) is 0 Å². The van der Waals surface area contributed by atoms with Crippen LogP contribution in [0.2, 0.25) is 0 Å². The van der Waals surface area contributed by atoms with Crippen molar-refractivity contribution >= 4 is 16.9 Å². The fraction of sp³-hybridized carbons (Fsp3) is 0.278. The van der Waals surface area contributed by atoms with Crippen LogP contribution in [-0.4, -0.2) is 26.9 Å². The molecular weight excluding hydrogens is 322 g/mol. The Labute approximate surface area is 143 Å². The summed E-state index contributed by atoms with van der Waals surface area (Å²) in [6, 6.07) is 10.5. The molecule has 7 nitrogen and oxygen atoms in total. The molecule has 0 bridgehead atoms. The van der Waals surface area contributed by atoms with Crippen LogP contribution in [0.15, 0.2) is 56.6 Å². The van der Waals surface area contributed by atoms with Gasteiger partial charge >= 0.3 is 5.69 Å². The second kappa shape index (κ2) is 6.80. The Morgan fingerprint density at radius 1 is 1.28 bits per heavy atom. The molecule has 0 aliphatic carbocycles. The molecule has 3 rings (SSSR count). The van der Waals surface area contributed by atoms with Gasteiger partial charge in [0.25, 0.3) is 5.56 Å². The minimum Gasteiger partial charge on any atom is -0.459 e. The second-order valence-corrected chi connectivity index (χ2v) is 5.78. The third kappa shape index (κ3) is 3.40. The molecule has 0 saturated carbocycles. The number of H-pyrrole nitrogens is 1. The van der Waals surface area contributed by atoms with Crippen LogP contribution in [0.1, 0.15) is 25.6 Å². The van der Waals surface area contributed by atoms with E-state index in [1.807, 2.05) is 44.2 Å². The summed E-state index contributed by atoms with van der Waals surface area (Å²) in [5, 5.41) is 0.977. The molecule has 1 aromatic carbocycles. The van der Waals surface area contributed by atoms with E-state index in [4.69, 9.17) is 4.42 Å². The largest absolute Gasteiger partial charge is 0.459 e. The van der Waals surface area contributed by atoms with Gasteiger partial charge < -0.3 is 9.32 Å². The number of hydrogen-bond donors (Lipinski definition) is 1. The van der Waals surface area contributed by atoms with E-state index >= 15 is 0 Å². The summed E-state index contributed by atoms with van der Waals surface area (Å²) < 4.78 is 7.02. The predicted octanol–water partition coefficient (Wildman–Crippen LogP) is 1.89. The number of nitrogens with one attached hydrogen (secondary N) is 1. The van der Waals surface area contributed by atoms with Crippen LogP contribution in [0.4, 0.5) is 0 Å². The number of benzene rings is 1. The summed E-state index contributed by atoms with van der Waals surface area (Å²) in [6.07, 6.45) is 1.32.